The molecule has 0 bridgehead atoms. The van der Waals surface area contributed by atoms with Gasteiger partial charge in [0.15, 0.2) is 5.78 Å². The maximum absolute atomic E-state index is 12.1. The summed E-state index contributed by atoms with van der Waals surface area (Å²) >= 11 is 1.41. The van der Waals surface area contributed by atoms with E-state index in [0.29, 0.717) is 11.4 Å². The molecule has 2 amide bonds. The van der Waals surface area contributed by atoms with E-state index < -0.39 is 0 Å². The van der Waals surface area contributed by atoms with Gasteiger partial charge < -0.3 is 9.80 Å². The lowest BCUT2D eigenvalue weighted by atomic mass is 10.2. The van der Waals surface area contributed by atoms with Gasteiger partial charge in [0.1, 0.15) is 6.54 Å². The maximum atomic E-state index is 12.1. The van der Waals surface area contributed by atoms with Gasteiger partial charge in [0.2, 0.25) is 11.8 Å². The van der Waals surface area contributed by atoms with Crippen LogP contribution in [0.1, 0.15) is 27.9 Å². The van der Waals surface area contributed by atoms with Crippen molar-refractivity contribution in [2.24, 2.45) is 0 Å². The zero-order valence-corrected chi connectivity index (χ0v) is 12.5. The van der Waals surface area contributed by atoms with Crippen LogP contribution in [0.2, 0.25) is 0 Å². The van der Waals surface area contributed by atoms with Gasteiger partial charge in [-0.15, -0.1) is 11.3 Å². The largest absolute Gasteiger partial charge is 0.332 e. The summed E-state index contributed by atoms with van der Waals surface area (Å²) in [5.41, 5.74) is 0. The van der Waals surface area contributed by atoms with Crippen LogP contribution >= 0.6 is 11.3 Å². The zero-order valence-electron chi connectivity index (χ0n) is 11.7. The van der Waals surface area contributed by atoms with Crippen molar-refractivity contribution in [1.29, 1.82) is 0 Å². The molecule has 1 aliphatic rings. The number of amides is 2. The summed E-state index contributed by atoms with van der Waals surface area (Å²) in [6.07, 6.45) is 0.826. The molecular weight excluding hydrogens is 276 g/mol. The minimum Gasteiger partial charge on any atom is -0.332 e. The van der Waals surface area contributed by atoms with E-state index in [-0.39, 0.29) is 37.2 Å². The zero-order chi connectivity index (χ0) is 14.7. The standard InChI is InChI=1S/C14H18N2O3S/c1-3-6-15-8-14(19)16(9-13(15)18)7-11(17)12-5-4-10(2)20-12/h4-5H,3,6-9H2,1-2H3. The fourth-order valence-corrected chi connectivity index (χ4v) is 2.95. The Morgan fingerprint density at radius 3 is 2.45 bits per heavy atom. The molecule has 1 aromatic heterocycles. The molecule has 1 saturated heterocycles. The molecule has 0 aliphatic carbocycles. The van der Waals surface area contributed by atoms with Crippen LogP contribution < -0.4 is 0 Å². The van der Waals surface area contributed by atoms with Gasteiger partial charge in [-0.3, -0.25) is 14.4 Å². The van der Waals surface area contributed by atoms with Crippen molar-refractivity contribution in [3.63, 3.8) is 0 Å². The van der Waals surface area contributed by atoms with Crippen LogP contribution in [-0.4, -0.2) is 53.6 Å². The summed E-state index contributed by atoms with van der Waals surface area (Å²) in [6.45, 7) is 4.58. The van der Waals surface area contributed by atoms with Gasteiger partial charge in [-0.05, 0) is 25.5 Å². The van der Waals surface area contributed by atoms with Gasteiger partial charge in [0, 0.05) is 11.4 Å². The molecule has 20 heavy (non-hydrogen) atoms. The summed E-state index contributed by atoms with van der Waals surface area (Å²) in [6, 6.07) is 3.64. The first-order chi connectivity index (χ1) is 9.51. The quantitative estimate of drug-likeness (QED) is 0.770. The molecule has 0 radical (unpaired) electrons. The van der Waals surface area contributed by atoms with Crippen LogP contribution in [0, 0.1) is 6.92 Å². The monoisotopic (exact) mass is 294 g/mol. The third kappa shape index (κ3) is 3.25. The van der Waals surface area contributed by atoms with E-state index in [2.05, 4.69) is 0 Å². The molecule has 108 valence electrons. The highest BCUT2D eigenvalue weighted by Crippen LogP contribution is 2.16. The van der Waals surface area contributed by atoms with Crippen molar-refractivity contribution < 1.29 is 14.4 Å². The van der Waals surface area contributed by atoms with Crippen molar-refractivity contribution in [2.45, 2.75) is 20.3 Å². The van der Waals surface area contributed by atoms with Crippen molar-refractivity contribution in [1.82, 2.24) is 9.80 Å². The molecule has 0 atom stereocenters. The summed E-state index contributed by atoms with van der Waals surface area (Å²) in [5.74, 6) is -0.338. The molecule has 1 aromatic rings. The van der Waals surface area contributed by atoms with Crippen LogP contribution in [0.4, 0.5) is 0 Å². The molecule has 0 N–H and O–H groups in total. The Morgan fingerprint density at radius 2 is 1.85 bits per heavy atom. The van der Waals surface area contributed by atoms with E-state index in [0.717, 1.165) is 11.3 Å². The Balaban J connectivity index is 1.98. The van der Waals surface area contributed by atoms with E-state index >= 15 is 0 Å². The number of piperazine rings is 1. The Morgan fingerprint density at radius 1 is 1.20 bits per heavy atom. The lowest BCUT2D eigenvalue weighted by molar-refractivity contribution is -0.149. The van der Waals surface area contributed by atoms with Crippen LogP contribution in [0.3, 0.4) is 0 Å². The van der Waals surface area contributed by atoms with Crippen LogP contribution in [0.15, 0.2) is 12.1 Å². The molecule has 6 heteroatoms. The first-order valence-corrected chi connectivity index (χ1v) is 7.48. The number of hydrogen-bond donors (Lipinski definition) is 0. The van der Waals surface area contributed by atoms with Crippen molar-refractivity contribution in [3.05, 3.63) is 21.9 Å². The first-order valence-electron chi connectivity index (χ1n) is 6.66. The Hall–Kier alpha value is -1.69. The van der Waals surface area contributed by atoms with E-state index in [1.54, 1.807) is 11.0 Å². The number of thiophene rings is 1. The second kappa shape index (κ2) is 6.17. The van der Waals surface area contributed by atoms with Crippen molar-refractivity contribution >= 4 is 28.9 Å². The molecule has 1 fully saturated rings. The number of aryl methyl sites for hydroxylation is 1. The van der Waals surface area contributed by atoms with Gasteiger partial charge in [0.05, 0.1) is 18.0 Å². The number of carbonyl (C=O) groups is 3. The average Bonchev–Trinajstić information content (AvgIpc) is 2.82. The van der Waals surface area contributed by atoms with E-state index in [1.165, 1.54) is 16.2 Å². The number of ketones is 1. The molecule has 2 rings (SSSR count). The predicted octanol–water partition coefficient (Wildman–Crippen LogP) is 1.32. The highest BCUT2D eigenvalue weighted by Gasteiger charge is 2.30. The Bertz CT molecular complexity index is 538. The average molecular weight is 294 g/mol. The van der Waals surface area contributed by atoms with Gasteiger partial charge in [0.25, 0.3) is 0 Å². The smallest absolute Gasteiger partial charge is 0.243 e. The van der Waals surface area contributed by atoms with Crippen molar-refractivity contribution in [3.8, 4) is 0 Å². The fourth-order valence-electron chi connectivity index (χ4n) is 2.16. The van der Waals surface area contributed by atoms with Crippen LogP contribution in [0.25, 0.3) is 0 Å². The number of carbonyl (C=O) groups excluding carboxylic acids is 3. The van der Waals surface area contributed by atoms with E-state index in [1.807, 2.05) is 19.9 Å². The summed E-state index contributed by atoms with van der Waals surface area (Å²) < 4.78 is 0. The summed E-state index contributed by atoms with van der Waals surface area (Å²) in [7, 11) is 0. The highest BCUT2D eigenvalue weighted by atomic mass is 32.1. The molecule has 1 aliphatic heterocycles. The lowest BCUT2D eigenvalue weighted by Crippen LogP contribution is -2.54. The predicted molar refractivity (Wildman–Crippen MR) is 76.8 cm³/mol. The second-order valence-corrected chi connectivity index (χ2v) is 6.19. The third-order valence-corrected chi connectivity index (χ3v) is 4.24. The first kappa shape index (κ1) is 14.7. The Kier molecular flexibility index (Phi) is 4.54. The molecule has 0 saturated carbocycles. The minimum atomic E-state index is -0.153. The number of hydrogen-bond acceptors (Lipinski definition) is 4. The van der Waals surface area contributed by atoms with Crippen LogP contribution in [-0.2, 0) is 9.59 Å². The van der Waals surface area contributed by atoms with Gasteiger partial charge in [-0.1, -0.05) is 6.92 Å². The maximum Gasteiger partial charge on any atom is 0.243 e. The minimum absolute atomic E-state index is 0.00886. The fraction of sp³-hybridized carbons (Fsp3) is 0.500. The van der Waals surface area contributed by atoms with E-state index in [9.17, 15) is 14.4 Å². The number of Topliss-reactive ketones (excluding diaryl/α,β-unsaturated/α-hetero) is 1. The van der Waals surface area contributed by atoms with Crippen LogP contribution in [0.5, 0.6) is 0 Å². The van der Waals surface area contributed by atoms with Crippen molar-refractivity contribution in [2.75, 3.05) is 26.2 Å². The molecule has 2 heterocycles. The highest BCUT2D eigenvalue weighted by molar-refractivity contribution is 7.14. The van der Waals surface area contributed by atoms with E-state index in [4.69, 9.17) is 0 Å². The normalized spacial score (nSPS) is 15.9. The van der Waals surface area contributed by atoms with Gasteiger partial charge in [-0.2, -0.15) is 0 Å². The number of rotatable bonds is 5. The molecule has 5 nitrogen and oxygen atoms in total. The molecule has 0 spiro atoms. The lowest BCUT2D eigenvalue weighted by Gasteiger charge is -2.33. The SMILES string of the molecule is CCCN1CC(=O)N(CC(=O)c2ccc(C)s2)CC1=O. The summed E-state index contributed by atoms with van der Waals surface area (Å²) in [5, 5.41) is 0. The molecular formula is C14H18N2O3S. The number of nitrogens with zero attached hydrogens (tertiary/aromatic N) is 2. The summed E-state index contributed by atoms with van der Waals surface area (Å²) in [4.78, 5) is 40.5. The Labute approximate surface area is 122 Å². The molecule has 0 unspecified atom stereocenters. The second-order valence-electron chi connectivity index (χ2n) is 4.90. The molecule has 0 aromatic carbocycles. The van der Waals surface area contributed by atoms with Gasteiger partial charge >= 0.3 is 0 Å². The van der Waals surface area contributed by atoms with Gasteiger partial charge in [-0.25, -0.2) is 0 Å². The third-order valence-electron chi connectivity index (χ3n) is 3.20. The topological polar surface area (TPSA) is 57.7 Å².